The molecule has 0 radical (unpaired) electrons. The molecule has 1 aromatic carbocycles. The van der Waals surface area contributed by atoms with Crippen molar-refractivity contribution in [3.05, 3.63) is 40.2 Å². The van der Waals surface area contributed by atoms with E-state index in [1.54, 1.807) is 0 Å². The highest BCUT2D eigenvalue weighted by Gasteiger charge is 2.31. The summed E-state index contributed by atoms with van der Waals surface area (Å²) in [5.41, 5.74) is 9.94. The maximum atomic E-state index is 5.99. The molecule has 3 rings (SSSR count). The molecule has 0 unspecified atom stereocenters. The summed E-state index contributed by atoms with van der Waals surface area (Å²) >= 11 is 5.99. The number of halogens is 1. The molecule has 1 aliphatic carbocycles. The second-order valence-electron chi connectivity index (χ2n) is 4.74. The molecule has 1 heterocycles. The van der Waals surface area contributed by atoms with Gasteiger partial charge in [0.25, 0.3) is 0 Å². The topological polar surface area (TPSA) is 56.7 Å². The molecule has 18 heavy (non-hydrogen) atoms. The number of hydrogen-bond donors (Lipinski definition) is 1. The summed E-state index contributed by atoms with van der Waals surface area (Å²) in [4.78, 5) is 0. The molecule has 0 atom stereocenters. The average Bonchev–Trinajstić information content (AvgIpc) is 3.09. The third-order valence-corrected chi connectivity index (χ3v) is 3.56. The summed E-state index contributed by atoms with van der Waals surface area (Å²) in [7, 11) is 0. The van der Waals surface area contributed by atoms with E-state index in [-0.39, 0.29) is 0 Å². The Morgan fingerprint density at radius 3 is 2.83 bits per heavy atom. The Morgan fingerprint density at radius 1 is 1.44 bits per heavy atom. The molecule has 0 bridgehead atoms. The van der Waals surface area contributed by atoms with Crippen LogP contribution in [0.15, 0.2) is 18.2 Å². The van der Waals surface area contributed by atoms with Crippen LogP contribution in [0.4, 0.5) is 0 Å². The summed E-state index contributed by atoms with van der Waals surface area (Å²) in [6.45, 7) is 2.47. The average molecular weight is 263 g/mol. The number of nitrogens with zero attached hydrogens (tertiary/aromatic N) is 3. The molecule has 0 spiro atoms. The molecular formula is C13H15ClN4. The second kappa shape index (κ2) is 4.37. The standard InChI is InChI=1S/C13H15ClN4/c1-8-6-10(14)4-5-12(8)18-13(9-2-3-9)11(7-15)16-17-18/h4-6,9H,2-3,7,15H2,1H3. The quantitative estimate of drug-likeness (QED) is 0.925. The van der Waals surface area contributed by atoms with Crippen molar-refractivity contribution in [2.75, 3.05) is 0 Å². The summed E-state index contributed by atoms with van der Waals surface area (Å²) < 4.78 is 1.92. The van der Waals surface area contributed by atoms with Crippen molar-refractivity contribution in [1.82, 2.24) is 15.0 Å². The number of benzene rings is 1. The van der Waals surface area contributed by atoms with Gasteiger partial charge < -0.3 is 5.73 Å². The summed E-state index contributed by atoms with van der Waals surface area (Å²) in [5.74, 6) is 0.564. The van der Waals surface area contributed by atoms with Crippen LogP contribution in [0.3, 0.4) is 0 Å². The van der Waals surface area contributed by atoms with Crippen LogP contribution in [0.1, 0.15) is 35.7 Å². The van der Waals surface area contributed by atoms with E-state index in [0.717, 1.165) is 22.0 Å². The second-order valence-corrected chi connectivity index (χ2v) is 5.18. The number of aromatic nitrogens is 3. The minimum atomic E-state index is 0.443. The maximum Gasteiger partial charge on any atom is 0.100 e. The van der Waals surface area contributed by atoms with Gasteiger partial charge in [0.05, 0.1) is 11.4 Å². The van der Waals surface area contributed by atoms with Crippen molar-refractivity contribution in [3.8, 4) is 5.69 Å². The van der Waals surface area contributed by atoms with Crippen molar-refractivity contribution < 1.29 is 0 Å². The van der Waals surface area contributed by atoms with E-state index in [9.17, 15) is 0 Å². The van der Waals surface area contributed by atoms with E-state index >= 15 is 0 Å². The molecule has 1 fully saturated rings. The highest BCUT2D eigenvalue weighted by atomic mass is 35.5. The van der Waals surface area contributed by atoms with E-state index in [2.05, 4.69) is 10.3 Å². The molecule has 2 aromatic rings. The van der Waals surface area contributed by atoms with Gasteiger partial charge in [-0.25, -0.2) is 4.68 Å². The van der Waals surface area contributed by atoms with Gasteiger partial charge in [-0.05, 0) is 43.5 Å². The van der Waals surface area contributed by atoms with Crippen LogP contribution in [-0.2, 0) is 6.54 Å². The first-order valence-electron chi connectivity index (χ1n) is 6.11. The number of aryl methyl sites for hydroxylation is 1. The smallest absolute Gasteiger partial charge is 0.100 e. The van der Waals surface area contributed by atoms with Crippen LogP contribution in [-0.4, -0.2) is 15.0 Å². The largest absolute Gasteiger partial charge is 0.325 e. The molecule has 94 valence electrons. The van der Waals surface area contributed by atoms with Crippen molar-refractivity contribution >= 4 is 11.6 Å². The first-order valence-corrected chi connectivity index (χ1v) is 6.49. The van der Waals surface area contributed by atoms with Gasteiger partial charge in [-0.2, -0.15) is 0 Å². The lowest BCUT2D eigenvalue weighted by Crippen LogP contribution is -2.06. The van der Waals surface area contributed by atoms with Crippen LogP contribution in [0.5, 0.6) is 0 Å². The zero-order valence-electron chi connectivity index (χ0n) is 10.2. The normalized spacial score (nSPS) is 15.1. The minimum absolute atomic E-state index is 0.443. The lowest BCUT2D eigenvalue weighted by molar-refractivity contribution is 0.759. The van der Waals surface area contributed by atoms with Gasteiger partial charge in [0, 0.05) is 17.5 Å². The first kappa shape index (κ1) is 11.7. The van der Waals surface area contributed by atoms with Crippen LogP contribution < -0.4 is 5.73 Å². The van der Waals surface area contributed by atoms with E-state index in [0.29, 0.717) is 12.5 Å². The van der Waals surface area contributed by atoms with Crippen molar-refractivity contribution in [2.45, 2.75) is 32.2 Å². The van der Waals surface area contributed by atoms with Crippen LogP contribution in [0, 0.1) is 6.92 Å². The van der Waals surface area contributed by atoms with Gasteiger partial charge in [-0.15, -0.1) is 5.10 Å². The Labute approximate surface area is 111 Å². The van der Waals surface area contributed by atoms with Crippen LogP contribution in [0.25, 0.3) is 5.69 Å². The fourth-order valence-corrected chi connectivity index (χ4v) is 2.49. The highest BCUT2D eigenvalue weighted by Crippen LogP contribution is 2.42. The minimum Gasteiger partial charge on any atom is -0.325 e. The van der Waals surface area contributed by atoms with Gasteiger partial charge in [0.15, 0.2) is 0 Å². The lowest BCUT2D eigenvalue weighted by Gasteiger charge is -2.09. The molecule has 0 amide bonds. The molecule has 1 aromatic heterocycles. The zero-order valence-corrected chi connectivity index (χ0v) is 11.0. The molecule has 1 saturated carbocycles. The fraction of sp³-hybridized carbons (Fsp3) is 0.385. The first-order chi connectivity index (χ1) is 8.70. The Hall–Kier alpha value is -1.39. The predicted octanol–water partition coefficient (Wildman–Crippen LogP) is 2.57. The lowest BCUT2D eigenvalue weighted by atomic mass is 10.1. The SMILES string of the molecule is Cc1cc(Cl)ccc1-n1nnc(CN)c1C1CC1. The monoisotopic (exact) mass is 262 g/mol. The van der Waals surface area contributed by atoms with Crippen molar-refractivity contribution in [1.29, 1.82) is 0 Å². The summed E-state index contributed by atoms with van der Waals surface area (Å²) in [6, 6.07) is 5.81. The van der Waals surface area contributed by atoms with Crippen molar-refractivity contribution in [2.24, 2.45) is 5.73 Å². The Kier molecular flexibility index (Phi) is 2.84. The highest BCUT2D eigenvalue weighted by molar-refractivity contribution is 6.30. The van der Waals surface area contributed by atoms with Gasteiger partial charge in [-0.3, -0.25) is 0 Å². The van der Waals surface area contributed by atoms with E-state index in [1.807, 2.05) is 29.8 Å². The maximum absolute atomic E-state index is 5.99. The van der Waals surface area contributed by atoms with Crippen LogP contribution >= 0.6 is 11.6 Å². The molecule has 4 nitrogen and oxygen atoms in total. The molecule has 0 aliphatic heterocycles. The Bertz CT molecular complexity index is 587. The molecule has 1 aliphatic rings. The number of hydrogen-bond acceptors (Lipinski definition) is 3. The third-order valence-electron chi connectivity index (χ3n) is 3.32. The molecule has 5 heteroatoms. The fourth-order valence-electron chi connectivity index (χ4n) is 2.27. The summed E-state index contributed by atoms with van der Waals surface area (Å²) in [5, 5.41) is 9.18. The summed E-state index contributed by atoms with van der Waals surface area (Å²) in [6.07, 6.45) is 2.40. The van der Waals surface area contributed by atoms with Gasteiger partial charge in [0.1, 0.15) is 5.69 Å². The predicted molar refractivity (Wildman–Crippen MR) is 71.0 cm³/mol. The zero-order chi connectivity index (χ0) is 12.7. The van der Waals surface area contributed by atoms with Gasteiger partial charge >= 0.3 is 0 Å². The number of nitrogens with two attached hydrogens (primary N) is 1. The van der Waals surface area contributed by atoms with E-state index in [4.69, 9.17) is 17.3 Å². The Balaban J connectivity index is 2.13. The third kappa shape index (κ3) is 1.91. The van der Waals surface area contributed by atoms with Crippen LogP contribution in [0.2, 0.25) is 5.02 Å². The van der Waals surface area contributed by atoms with E-state index < -0.39 is 0 Å². The van der Waals surface area contributed by atoms with Gasteiger partial charge in [-0.1, -0.05) is 16.8 Å². The Morgan fingerprint density at radius 2 is 2.22 bits per heavy atom. The molecule has 2 N–H and O–H groups in total. The molecular weight excluding hydrogens is 248 g/mol. The molecule has 0 saturated heterocycles. The number of rotatable bonds is 3. The van der Waals surface area contributed by atoms with Gasteiger partial charge in [0.2, 0.25) is 0 Å². The van der Waals surface area contributed by atoms with Crippen molar-refractivity contribution in [3.63, 3.8) is 0 Å². The van der Waals surface area contributed by atoms with E-state index in [1.165, 1.54) is 18.5 Å².